The van der Waals surface area contributed by atoms with Gasteiger partial charge in [0.05, 0.1) is 0 Å². The Balaban J connectivity index is 0.00000196. The molecule has 3 nitrogen and oxygen atoms in total. The van der Waals surface area contributed by atoms with E-state index in [1.807, 2.05) is 30.3 Å². The van der Waals surface area contributed by atoms with Crippen LogP contribution in [0.3, 0.4) is 0 Å². The van der Waals surface area contributed by atoms with E-state index in [2.05, 4.69) is 0 Å². The van der Waals surface area contributed by atoms with Crippen molar-refractivity contribution in [2.24, 2.45) is 11.7 Å². The highest BCUT2D eigenvalue weighted by Gasteiger charge is 2.49. The number of nitrogens with zero attached hydrogens (tertiary/aromatic N) is 1. The average Bonchev–Trinajstić information content (AvgIpc) is 3.29. The summed E-state index contributed by atoms with van der Waals surface area (Å²) in [7, 11) is 0. The van der Waals surface area contributed by atoms with Gasteiger partial charge in [-0.05, 0) is 24.1 Å². The molecule has 4 rings (SSSR count). The van der Waals surface area contributed by atoms with E-state index in [-0.39, 0.29) is 47.7 Å². The summed E-state index contributed by atoms with van der Waals surface area (Å²) in [6.45, 7) is 1.05. The second kappa shape index (κ2) is 7.33. The summed E-state index contributed by atoms with van der Waals surface area (Å²) >= 11 is 0. The van der Waals surface area contributed by atoms with Gasteiger partial charge in [0.15, 0.2) is 0 Å². The SMILES string of the molecule is Cl.N[C@@H]1CN(C(=O)C2CC2c2c(F)cccc2F)C[C@H]1c1ccccc1. The Bertz CT molecular complexity index is 781. The molecule has 4 atom stereocenters. The van der Waals surface area contributed by atoms with Gasteiger partial charge < -0.3 is 10.6 Å². The molecule has 138 valence electrons. The monoisotopic (exact) mass is 378 g/mol. The molecule has 1 heterocycles. The number of carbonyl (C=O) groups is 1. The average molecular weight is 379 g/mol. The first-order valence-corrected chi connectivity index (χ1v) is 8.59. The zero-order valence-corrected chi connectivity index (χ0v) is 15.0. The summed E-state index contributed by atoms with van der Waals surface area (Å²) in [6.07, 6.45) is 0.498. The lowest BCUT2D eigenvalue weighted by Gasteiger charge is -2.17. The van der Waals surface area contributed by atoms with E-state index in [0.717, 1.165) is 5.56 Å². The van der Waals surface area contributed by atoms with Crippen molar-refractivity contribution in [3.8, 4) is 0 Å². The Labute approximate surface area is 157 Å². The third-order valence-corrected chi connectivity index (χ3v) is 5.38. The van der Waals surface area contributed by atoms with E-state index in [0.29, 0.717) is 19.5 Å². The molecule has 1 saturated heterocycles. The maximum Gasteiger partial charge on any atom is 0.226 e. The third kappa shape index (κ3) is 3.33. The lowest BCUT2D eigenvalue weighted by Crippen LogP contribution is -2.33. The molecule has 0 spiro atoms. The van der Waals surface area contributed by atoms with Gasteiger partial charge in [-0.1, -0.05) is 36.4 Å². The van der Waals surface area contributed by atoms with Gasteiger partial charge in [0.1, 0.15) is 11.6 Å². The van der Waals surface area contributed by atoms with Gasteiger partial charge >= 0.3 is 0 Å². The topological polar surface area (TPSA) is 46.3 Å². The molecular formula is C20H21ClF2N2O. The second-order valence-electron chi connectivity index (χ2n) is 7.01. The van der Waals surface area contributed by atoms with Crippen LogP contribution in [0.25, 0.3) is 0 Å². The van der Waals surface area contributed by atoms with Crippen LogP contribution in [0, 0.1) is 17.6 Å². The smallest absolute Gasteiger partial charge is 0.226 e. The minimum atomic E-state index is -0.569. The van der Waals surface area contributed by atoms with Crippen LogP contribution in [0.5, 0.6) is 0 Å². The number of carbonyl (C=O) groups excluding carboxylic acids is 1. The van der Waals surface area contributed by atoms with Crippen molar-refractivity contribution in [2.75, 3.05) is 13.1 Å². The highest BCUT2D eigenvalue weighted by molar-refractivity contribution is 5.85. The Morgan fingerprint density at radius 2 is 1.62 bits per heavy atom. The predicted octanol–water partition coefficient (Wildman–Crippen LogP) is 3.44. The van der Waals surface area contributed by atoms with E-state index in [9.17, 15) is 13.6 Å². The number of benzene rings is 2. The fraction of sp³-hybridized carbons (Fsp3) is 0.350. The van der Waals surface area contributed by atoms with E-state index in [1.54, 1.807) is 4.90 Å². The van der Waals surface area contributed by atoms with Crippen LogP contribution in [0.2, 0.25) is 0 Å². The van der Waals surface area contributed by atoms with Crippen LogP contribution >= 0.6 is 12.4 Å². The maximum absolute atomic E-state index is 13.9. The summed E-state index contributed by atoms with van der Waals surface area (Å²) < 4.78 is 27.8. The van der Waals surface area contributed by atoms with Gasteiger partial charge in [0.25, 0.3) is 0 Å². The van der Waals surface area contributed by atoms with Gasteiger partial charge in [0, 0.05) is 42.4 Å². The number of amides is 1. The molecular weight excluding hydrogens is 358 g/mol. The summed E-state index contributed by atoms with van der Waals surface area (Å²) in [6, 6.07) is 13.6. The minimum Gasteiger partial charge on any atom is -0.340 e. The van der Waals surface area contributed by atoms with Crippen molar-refractivity contribution in [1.29, 1.82) is 0 Å². The molecule has 1 aliphatic heterocycles. The molecule has 6 heteroatoms. The normalized spacial score (nSPS) is 27.1. The predicted molar refractivity (Wildman–Crippen MR) is 98.2 cm³/mol. The standard InChI is InChI=1S/C20H20F2N2O.ClH/c21-16-7-4-8-17(22)19(16)13-9-14(13)20(25)24-10-15(18(23)11-24)12-5-2-1-3-6-12;/h1-8,13-15,18H,9-11,23H2;1H/t13?,14?,15-,18+;/m0./s1. The first kappa shape index (κ1) is 18.8. The zero-order chi connectivity index (χ0) is 17.6. The van der Waals surface area contributed by atoms with Crippen molar-refractivity contribution in [3.63, 3.8) is 0 Å². The van der Waals surface area contributed by atoms with Crippen molar-refractivity contribution < 1.29 is 13.6 Å². The molecule has 2 fully saturated rings. The van der Waals surface area contributed by atoms with E-state index < -0.39 is 11.6 Å². The summed E-state index contributed by atoms with van der Waals surface area (Å²) in [5.41, 5.74) is 7.41. The first-order valence-electron chi connectivity index (χ1n) is 8.59. The van der Waals surface area contributed by atoms with Crippen molar-refractivity contribution in [3.05, 3.63) is 71.3 Å². The fourth-order valence-corrected chi connectivity index (χ4v) is 3.95. The summed E-state index contributed by atoms with van der Waals surface area (Å²) in [5, 5.41) is 0. The Hall–Kier alpha value is -1.98. The zero-order valence-electron chi connectivity index (χ0n) is 14.1. The largest absolute Gasteiger partial charge is 0.340 e. The van der Waals surface area contributed by atoms with Crippen LogP contribution in [-0.2, 0) is 4.79 Å². The van der Waals surface area contributed by atoms with Gasteiger partial charge in [-0.2, -0.15) is 0 Å². The molecule has 1 saturated carbocycles. The quantitative estimate of drug-likeness (QED) is 0.889. The highest BCUT2D eigenvalue weighted by Crippen LogP contribution is 2.50. The number of halogens is 3. The van der Waals surface area contributed by atoms with Crippen molar-refractivity contribution in [2.45, 2.75) is 24.3 Å². The lowest BCUT2D eigenvalue weighted by molar-refractivity contribution is -0.131. The third-order valence-electron chi connectivity index (χ3n) is 5.38. The molecule has 1 aliphatic carbocycles. The number of hydrogen-bond donors (Lipinski definition) is 1. The number of hydrogen-bond acceptors (Lipinski definition) is 2. The van der Waals surface area contributed by atoms with Gasteiger partial charge in [-0.15, -0.1) is 12.4 Å². The molecule has 1 amide bonds. The molecule has 2 aromatic carbocycles. The Kier molecular flexibility index (Phi) is 5.30. The lowest BCUT2D eigenvalue weighted by atomic mass is 9.95. The van der Waals surface area contributed by atoms with Gasteiger partial charge in [-0.3, -0.25) is 4.79 Å². The van der Waals surface area contributed by atoms with E-state index in [1.165, 1.54) is 18.2 Å². The van der Waals surface area contributed by atoms with Crippen LogP contribution in [0.15, 0.2) is 48.5 Å². The highest BCUT2D eigenvalue weighted by atomic mass is 35.5. The minimum absolute atomic E-state index is 0. The molecule has 2 N–H and O–H groups in total. The van der Waals surface area contributed by atoms with E-state index >= 15 is 0 Å². The first-order chi connectivity index (χ1) is 12.1. The molecule has 2 aliphatic rings. The molecule has 0 bridgehead atoms. The molecule has 0 aromatic heterocycles. The number of rotatable bonds is 3. The van der Waals surface area contributed by atoms with Gasteiger partial charge in [-0.25, -0.2) is 8.78 Å². The molecule has 26 heavy (non-hydrogen) atoms. The van der Waals surface area contributed by atoms with Crippen LogP contribution in [-0.4, -0.2) is 29.9 Å². The van der Waals surface area contributed by atoms with Crippen molar-refractivity contribution in [1.82, 2.24) is 4.90 Å². The van der Waals surface area contributed by atoms with Gasteiger partial charge in [0.2, 0.25) is 5.91 Å². The fourth-order valence-electron chi connectivity index (χ4n) is 3.95. The second-order valence-corrected chi connectivity index (χ2v) is 7.01. The number of nitrogens with two attached hydrogens (primary N) is 1. The van der Waals surface area contributed by atoms with E-state index in [4.69, 9.17) is 5.73 Å². The van der Waals surface area contributed by atoms with Crippen molar-refractivity contribution >= 4 is 18.3 Å². The summed E-state index contributed by atoms with van der Waals surface area (Å²) in [5.74, 6) is -1.77. The van der Waals surface area contributed by atoms with Crippen LogP contribution in [0.4, 0.5) is 8.78 Å². The molecule has 0 radical (unpaired) electrons. The summed E-state index contributed by atoms with van der Waals surface area (Å²) in [4.78, 5) is 14.5. The Morgan fingerprint density at radius 3 is 2.27 bits per heavy atom. The van der Waals surface area contributed by atoms with Crippen LogP contribution in [0.1, 0.15) is 29.4 Å². The Morgan fingerprint density at radius 1 is 0.962 bits per heavy atom. The molecule has 2 unspecified atom stereocenters. The number of likely N-dealkylation sites (tertiary alicyclic amines) is 1. The van der Waals surface area contributed by atoms with Crippen LogP contribution < -0.4 is 5.73 Å². The maximum atomic E-state index is 13.9. The molecule has 2 aromatic rings.